The smallest absolute Gasteiger partial charge is 0.368 e. The number of nitrogens with two attached hydrogens (primary N) is 1. The van der Waals surface area contributed by atoms with E-state index in [1.165, 1.54) is 24.5 Å². The molecule has 28 heavy (non-hydrogen) atoms. The van der Waals surface area contributed by atoms with Crippen LogP contribution in [0.4, 0.5) is 32.3 Å². The van der Waals surface area contributed by atoms with Crippen molar-refractivity contribution >= 4 is 11.9 Å². The summed E-state index contributed by atoms with van der Waals surface area (Å²) in [4.78, 5) is 20.1. The molecule has 0 amide bonds. The lowest BCUT2D eigenvalue weighted by Crippen LogP contribution is -2.22. The van der Waals surface area contributed by atoms with Crippen LogP contribution in [0.5, 0.6) is 0 Å². The number of carbonyl (C=O) groups is 1. The van der Waals surface area contributed by atoms with Gasteiger partial charge in [-0.1, -0.05) is 0 Å². The molecule has 0 radical (unpaired) electrons. The van der Waals surface area contributed by atoms with Gasteiger partial charge in [0.25, 0.3) is 5.91 Å². The van der Waals surface area contributed by atoms with Crippen molar-refractivity contribution in [2.75, 3.05) is 5.73 Å². The Labute approximate surface area is 152 Å². The van der Waals surface area contributed by atoms with Crippen molar-refractivity contribution in [3.05, 3.63) is 59.4 Å². The van der Waals surface area contributed by atoms with Crippen LogP contribution in [0.25, 0.3) is 11.4 Å². The van der Waals surface area contributed by atoms with E-state index in [0.717, 1.165) is 0 Å². The minimum Gasteiger partial charge on any atom is -0.368 e. The Morgan fingerprint density at radius 2 is 1.61 bits per heavy atom. The number of halogens is 6. The molecular weight excluding hydrogens is 392 g/mol. The molecule has 12 heteroatoms. The number of hydrogen-bond donors (Lipinski definition) is 1. The van der Waals surface area contributed by atoms with E-state index in [1.807, 2.05) is 0 Å². The highest BCUT2D eigenvalue weighted by Gasteiger charge is 2.40. The van der Waals surface area contributed by atoms with Crippen molar-refractivity contribution < 1.29 is 31.1 Å². The molecule has 6 nitrogen and oxygen atoms in total. The highest BCUT2D eigenvalue weighted by atomic mass is 19.4. The monoisotopic (exact) mass is 401 g/mol. The van der Waals surface area contributed by atoms with Crippen LogP contribution in [-0.2, 0) is 12.4 Å². The van der Waals surface area contributed by atoms with Crippen LogP contribution in [0.15, 0.2) is 42.7 Å². The average molecular weight is 401 g/mol. The van der Waals surface area contributed by atoms with Crippen molar-refractivity contribution in [2.45, 2.75) is 12.4 Å². The molecule has 3 aromatic rings. The molecule has 0 bridgehead atoms. The molecule has 0 saturated carbocycles. The van der Waals surface area contributed by atoms with Gasteiger partial charge in [-0.3, -0.25) is 9.78 Å². The molecule has 0 atom stereocenters. The summed E-state index contributed by atoms with van der Waals surface area (Å²) in [6, 6.07) is 3.62. The van der Waals surface area contributed by atoms with E-state index >= 15 is 0 Å². The zero-order valence-corrected chi connectivity index (χ0v) is 13.6. The van der Waals surface area contributed by atoms with E-state index in [2.05, 4.69) is 15.1 Å². The number of anilines is 1. The molecule has 3 rings (SSSR count). The highest BCUT2D eigenvalue weighted by molar-refractivity contribution is 5.98. The van der Waals surface area contributed by atoms with Crippen LogP contribution in [0.3, 0.4) is 0 Å². The molecule has 2 heterocycles. The number of nitrogen functional groups attached to an aromatic ring is 1. The molecule has 0 unspecified atom stereocenters. The maximum Gasteiger partial charge on any atom is 0.417 e. The second-order valence-corrected chi connectivity index (χ2v) is 5.50. The number of carbonyl (C=O) groups excluding carboxylic acids is 1. The Kier molecular flexibility index (Phi) is 4.57. The van der Waals surface area contributed by atoms with Crippen LogP contribution in [0.2, 0.25) is 0 Å². The summed E-state index contributed by atoms with van der Waals surface area (Å²) in [5.74, 6) is -1.95. The SMILES string of the molecule is Nc1nc(-c2ccncc2)nn1C(=O)c1ccc(C(F)(F)F)cc1C(F)(F)F. The van der Waals surface area contributed by atoms with Gasteiger partial charge in [-0.05, 0) is 30.3 Å². The number of benzene rings is 1. The fraction of sp³-hybridized carbons (Fsp3) is 0.125. The van der Waals surface area contributed by atoms with Crippen molar-refractivity contribution in [3.63, 3.8) is 0 Å². The van der Waals surface area contributed by atoms with Crippen molar-refractivity contribution in [3.8, 4) is 11.4 Å². The summed E-state index contributed by atoms with van der Waals surface area (Å²) in [6.07, 6.45) is -7.44. The fourth-order valence-electron chi connectivity index (χ4n) is 2.35. The summed E-state index contributed by atoms with van der Waals surface area (Å²) < 4.78 is 78.5. The van der Waals surface area contributed by atoms with Crippen LogP contribution >= 0.6 is 0 Å². The third-order valence-corrected chi connectivity index (χ3v) is 3.65. The Balaban J connectivity index is 2.09. The molecular formula is C16H9F6N5O. The van der Waals surface area contributed by atoms with Crippen molar-refractivity contribution in [1.29, 1.82) is 0 Å². The van der Waals surface area contributed by atoms with E-state index in [4.69, 9.17) is 5.73 Å². The molecule has 1 aromatic carbocycles. The van der Waals surface area contributed by atoms with E-state index in [9.17, 15) is 31.1 Å². The molecule has 0 aliphatic heterocycles. The fourth-order valence-corrected chi connectivity index (χ4v) is 2.35. The topological polar surface area (TPSA) is 86.7 Å². The van der Waals surface area contributed by atoms with Crippen molar-refractivity contribution in [2.24, 2.45) is 0 Å². The minimum absolute atomic E-state index is 0.0614. The normalized spacial score (nSPS) is 12.2. The molecule has 0 spiro atoms. The largest absolute Gasteiger partial charge is 0.417 e. The van der Waals surface area contributed by atoms with Gasteiger partial charge < -0.3 is 5.73 Å². The third-order valence-electron chi connectivity index (χ3n) is 3.65. The van der Waals surface area contributed by atoms with E-state index in [0.29, 0.717) is 22.4 Å². The number of alkyl halides is 6. The highest BCUT2D eigenvalue weighted by Crippen LogP contribution is 2.37. The first-order chi connectivity index (χ1) is 13.0. The first-order valence-corrected chi connectivity index (χ1v) is 7.44. The van der Waals surface area contributed by atoms with Gasteiger partial charge in [0.1, 0.15) is 0 Å². The molecule has 2 aromatic heterocycles. The van der Waals surface area contributed by atoms with E-state index in [1.54, 1.807) is 0 Å². The lowest BCUT2D eigenvalue weighted by molar-refractivity contribution is -0.143. The van der Waals surface area contributed by atoms with E-state index in [-0.39, 0.29) is 11.9 Å². The predicted molar refractivity (Wildman–Crippen MR) is 83.8 cm³/mol. The molecule has 0 aliphatic carbocycles. The maximum absolute atomic E-state index is 13.3. The predicted octanol–water partition coefficient (Wildman–Crippen LogP) is 3.65. The molecule has 146 valence electrons. The van der Waals surface area contributed by atoms with Gasteiger partial charge in [0.15, 0.2) is 5.82 Å². The zero-order chi connectivity index (χ0) is 20.7. The number of hydrogen-bond acceptors (Lipinski definition) is 5. The van der Waals surface area contributed by atoms with Crippen LogP contribution < -0.4 is 5.73 Å². The van der Waals surface area contributed by atoms with Gasteiger partial charge in [0.05, 0.1) is 16.7 Å². The van der Waals surface area contributed by atoms with Gasteiger partial charge in [-0.15, -0.1) is 5.10 Å². The summed E-state index contributed by atoms with van der Waals surface area (Å²) >= 11 is 0. The van der Waals surface area contributed by atoms with Gasteiger partial charge in [-0.2, -0.15) is 36.0 Å². The molecule has 0 aliphatic rings. The Bertz CT molecular complexity index is 1030. The first kappa shape index (κ1) is 19.3. The van der Waals surface area contributed by atoms with E-state index < -0.39 is 40.9 Å². The number of pyridine rings is 1. The minimum atomic E-state index is -5.21. The number of nitrogens with zero attached hydrogens (tertiary/aromatic N) is 4. The summed E-state index contributed by atoms with van der Waals surface area (Å²) in [7, 11) is 0. The maximum atomic E-state index is 13.3. The molecule has 2 N–H and O–H groups in total. The number of rotatable bonds is 2. The van der Waals surface area contributed by atoms with Gasteiger partial charge in [0.2, 0.25) is 5.95 Å². The lowest BCUT2D eigenvalue weighted by Gasteiger charge is -2.15. The standard InChI is InChI=1S/C16H9F6N5O/c17-15(18,19)9-1-2-10(11(7-9)16(20,21)22)13(28)27-14(23)25-12(26-27)8-3-5-24-6-4-8/h1-7H,(H2,23,25,26). The molecule has 0 saturated heterocycles. The van der Waals surface area contributed by atoms with Crippen molar-refractivity contribution in [1.82, 2.24) is 19.7 Å². The quantitative estimate of drug-likeness (QED) is 0.663. The second kappa shape index (κ2) is 6.62. The average Bonchev–Trinajstić information content (AvgIpc) is 3.01. The van der Waals surface area contributed by atoms with Crippen LogP contribution in [0.1, 0.15) is 21.5 Å². The Morgan fingerprint density at radius 1 is 0.964 bits per heavy atom. The first-order valence-electron chi connectivity index (χ1n) is 7.44. The molecule has 0 fully saturated rings. The summed E-state index contributed by atoms with van der Waals surface area (Å²) in [5.41, 5.74) is 1.61. The number of aromatic nitrogens is 4. The van der Waals surface area contributed by atoms with Gasteiger partial charge in [-0.25, -0.2) is 0 Å². The zero-order valence-electron chi connectivity index (χ0n) is 13.6. The third kappa shape index (κ3) is 3.66. The summed E-state index contributed by atoms with van der Waals surface area (Å²) in [5, 5.41) is 3.76. The Morgan fingerprint density at radius 3 is 2.18 bits per heavy atom. The van der Waals surface area contributed by atoms with Gasteiger partial charge >= 0.3 is 12.4 Å². The second-order valence-electron chi connectivity index (χ2n) is 5.50. The lowest BCUT2D eigenvalue weighted by atomic mass is 10.0. The van der Waals surface area contributed by atoms with Crippen LogP contribution in [0, 0.1) is 0 Å². The van der Waals surface area contributed by atoms with Gasteiger partial charge in [0, 0.05) is 18.0 Å². The van der Waals surface area contributed by atoms with Crippen LogP contribution in [-0.4, -0.2) is 25.7 Å². The summed E-state index contributed by atoms with van der Waals surface area (Å²) in [6.45, 7) is 0. The Hall–Kier alpha value is -3.44.